The highest BCUT2D eigenvalue weighted by atomic mass is 16.4. The van der Waals surface area contributed by atoms with Crippen LogP contribution in [0.3, 0.4) is 0 Å². The first-order valence-corrected chi connectivity index (χ1v) is 5.31. The lowest BCUT2D eigenvalue weighted by atomic mass is 10.1. The highest BCUT2D eigenvalue weighted by Crippen LogP contribution is 2.14. The number of pyridine rings is 1. The van der Waals surface area contributed by atoms with Gasteiger partial charge in [0.1, 0.15) is 6.54 Å². The Morgan fingerprint density at radius 3 is 2.65 bits per heavy atom. The van der Waals surface area contributed by atoms with Gasteiger partial charge in [0.05, 0.1) is 5.52 Å². The molecule has 0 bridgehead atoms. The first-order valence-electron chi connectivity index (χ1n) is 5.31. The zero-order valence-electron chi connectivity index (χ0n) is 9.73. The van der Waals surface area contributed by atoms with Gasteiger partial charge in [-0.25, -0.2) is 0 Å². The number of aromatic nitrogens is 1. The zero-order chi connectivity index (χ0) is 12.6. The minimum Gasteiger partial charge on any atom is -0.480 e. The van der Waals surface area contributed by atoms with Gasteiger partial charge in [-0.3, -0.25) is 9.59 Å². The summed E-state index contributed by atoms with van der Waals surface area (Å²) in [5.41, 5.74) is 2.25. The second-order valence-corrected chi connectivity index (χ2v) is 4.15. The lowest BCUT2D eigenvalue weighted by Crippen LogP contribution is -2.16. The predicted molar refractivity (Wildman–Crippen MR) is 65.3 cm³/mol. The van der Waals surface area contributed by atoms with E-state index in [1.807, 2.05) is 13.0 Å². The quantitative estimate of drug-likeness (QED) is 0.855. The Balaban J connectivity index is 2.83. The third-order valence-corrected chi connectivity index (χ3v) is 2.77. The van der Waals surface area contributed by atoms with E-state index < -0.39 is 5.97 Å². The molecule has 1 N–H and O–H groups in total. The van der Waals surface area contributed by atoms with E-state index in [0.717, 1.165) is 5.56 Å². The van der Waals surface area contributed by atoms with Crippen LogP contribution in [0.4, 0.5) is 0 Å². The smallest absolute Gasteiger partial charge is 0.323 e. The van der Waals surface area contributed by atoms with Gasteiger partial charge in [0.2, 0.25) is 0 Å². The van der Waals surface area contributed by atoms with Gasteiger partial charge in [-0.2, -0.15) is 0 Å². The van der Waals surface area contributed by atoms with E-state index in [4.69, 9.17) is 5.11 Å². The predicted octanol–water partition coefficient (Wildman–Crippen LogP) is 1.70. The van der Waals surface area contributed by atoms with Gasteiger partial charge in [0.25, 0.3) is 0 Å². The van der Waals surface area contributed by atoms with E-state index in [2.05, 4.69) is 0 Å². The third-order valence-electron chi connectivity index (χ3n) is 2.77. The molecule has 0 unspecified atom stereocenters. The molecule has 0 amide bonds. The van der Waals surface area contributed by atoms with Crippen molar-refractivity contribution in [1.29, 1.82) is 0 Å². The van der Waals surface area contributed by atoms with Gasteiger partial charge in [-0.1, -0.05) is 11.6 Å². The van der Waals surface area contributed by atoms with Crippen LogP contribution >= 0.6 is 0 Å². The van der Waals surface area contributed by atoms with Crippen molar-refractivity contribution in [2.24, 2.45) is 0 Å². The minimum absolute atomic E-state index is 0.0668. The Labute approximate surface area is 98.1 Å². The van der Waals surface area contributed by atoms with E-state index in [-0.39, 0.29) is 12.0 Å². The van der Waals surface area contributed by atoms with Crippen LogP contribution in [-0.2, 0) is 11.3 Å². The fourth-order valence-electron chi connectivity index (χ4n) is 1.96. The number of carbonyl (C=O) groups is 1. The molecule has 0 fully saturated rings. The summed E-state index contributed by atoms with van der Waals surface area (Å²) in [7, 11) is 0. The largest absolute Gasteiger partial charge is 0.480 e. The van der Waals surface area contributed by atoms with E-state index in [9.17, 15) is 9.59 Å². The van der Waals surface area contributed by atoms with Crippen molar-refractivity contribution in [1.82, 2.24) is 4.57 Å². The topological polar surface area (TPSA) is 59.3 Å². The minimum atomic E-state index is -0.918. The van der Waals surface area contributed by atoms with Gasteiger partial charge in [0.15, 0.2) is 5.43 Å². The molecule has 2 aromatic rings. The third kappa shape index (κ3) is 2.06. The number of aryl methyl sites for hydroxylation is 2. The average Bonchev–Trinajstić information content (AvgIpc) is 2.24. The van der Waals surface area contributed by atoms with Crippen LogP contribution < -0.4 is 5.43 Å². The van der Waals surface area contributed by atoms with E-state index in [1.165, 1.54) is 6.07 Å². The van der Waals surface area contributed by atoms with Crippen molar-refractivity contribution in [3.8, 4) is 0 Å². The first kappa shape index (κ1) is 11.4. The Morgan fingerprint density at radius 1 is 1.29 bits per heavy atom. The van der Waals surface area contributed by atoms with Crippen LogP contribution in [0, 0.1) is 13.8 Å². The fourth-order valence-corrected chi connectivity index (χ4v) is 1.96. The maximum Gasteiger partial charge on any atom is 0.323 e. The Hall–Kier alpha value is -2.10. The van der Waals surface area contributed by atoms with Crippen LogP contribution in [0.2, 0.25) is 0 Å². The van der Waals surface area contributed by atoms with Gasteiger partial charge in [0, 0.05) is 17.1 Å². The molecule has 88 valence electrons. The second kappa shape index (κ2) is 4.05. The normalized spacial score (nSPS) is 10.7. The maximum absolute atomic E-state index is 11.8. The lowest BCUT2D eigenvalue weighted by molar-refractivity contribution is -0.137. The highest BCUT2D eigenvalue weighted by Gasteiger charge is 2.09. The molecule has 0 atom stereocenters. The molecule has 1 aromatic carbocycles. The number of benzene rings is 1. The number of carboxylic acid groups (broad SMARTS) is 1. The molecule has 2 rings (SSSR count). The van der Waals surface area contributed by atoms with E-state index in [1.54, 1.807) is 23.6 Å². The highest BCUT2D eigenvalue weighted by molar-refractivity contribution is 5.81. The van der Waals surface area contributed by atoms with Gasteiger partial charge in [-0.15, -0.1) is 0 Å². The van der Waals surface area contributed by atoms with Crippen molar-refractivity contribution < 1.29 is 9.90 Å². The molecule has 0 radical (unpaired) electrons. The summed E-state index contributed by atoms with van der Waals surface area (Å²) < 4.78 is 1.64. The molecule has 0 aliphatic heterocycles. The number of rotatable bonds is 2. The summed E-state index contributed by atoms with van der Waals surface area (Å²) >= 11 is 0. The second-order valence-electron chi connectivity index (χ2n) is 4.15. The number of aliphatic carboxylic acids is 1. The Bertz CT molecular complexity index is 655. The van der Waals surface area contributed by atoms with E-state index in [0.29, 0.717) is 16.6 Å². The van der Waals surface area contributed by atoms with Crippen molar-refractivity contribution in [3.05, 3.63) is 45.7 Å². The fraction of sp³-hybridized carbons (Fsp3) is 0.231. The molecule has 0 aliphatic carbocycles. The van der Waals surface area contributed by atoms with Crippen LogP contribution in [0.1, 0.15) is 11.3 Å². The molecule has 1 heterocycles. The molecular weight excluding hydrogens is 218 g/mol. The van der Waals surface area contributed by atoms with Crippen LogP contribution in [0.15, 0.2) is 29.1 Å². The van der Waals surface area contributed by atoms with Gasteiger partial charge >= 0.3 is 5.97 Å². The molecule has 0 saturated heterocycles. The standard InChI is InChI=1S/C13H13NO3/c1-8-3-4-11-10(5-8)12(15)6-9(2)14(11)7-13(16)17/h3-6H,7H2,1-2H3,(H,16,17). The molecule has 4 nitrogen and oxygen atoms in total. The van der Waals surface area contributed by atoms with Crippen LogP contribution in [-0.4, -0.2) is 15.6 Å². The van der Waals surface area contributed by atoms with Crippen molar-refractivity contribution in [2.75, 3.05) is 0 Å². The molecule has 0 saturated carbocycles. The number of hydrogen-bond acceptors (Lipinski definition) is 2. The van der Waals surface area contributed by atoms with Crippen LogP contribution in [0.5, 0.6) is 0 Å². The Morgan fingerprint density at radius 2 is 2.00 bits per heavy atom. The monoisotopic (exact) mass is 231 g/mol. The number of carboxylic acids is 1. The van der Waals surface area contributed by atoms with Crippen molar-refractivity contribution >= 4 is 16.9 Å². The summed E-state index contributed by atoms with van der Waals surface area (Å²) in [5, 5.41) is 9.44. The van der Waals surface area contributed by atoms with Gasteiger partial charge in [-0.05, 0) is 26.0 Å². The molecule has 0 aliphatic rings. The summed E-state index contributed by atoms with van der Waals surface area (Å²) in [6.45, 7) is 3.51. The lowest BCUT2D eigenvalue weighted by Gasteiger charge is -2.12. The SMILES string of the molecule is Cc1ccc2c(c1)c(=O)cc(C)n2CC(=O)O. The van der Waals surface area contributed by atoms with Gasteiger partial charge < -0.3 is 9.67 Å². The van der Waals surface area contributed by atoms with Crippen molar-refractivity contribution in [3.63, 3.8) is 0 Å². The summed E-state index contributed by atoms with van der Waals surface area (Å²) in [6.07, 6.45) is 0. The number of nitrogens with zero attached hydrogens (tertiary/aromatic N) is 1. The number of fused-ring (bicyclic) bond motifs is 1. The summed E-state index contributed by atoms with van der Waals surface area (Å²) in [5.74, 6) is -0.918. The summed E-state index contributed by atoms with van der Waals surface area (Å²) in [6, 6.07) is 6.93. The maximum atomic E-state index is 11.8. The molecule has 4 heteroatoms. The molecular formula is C13H13NO3. The Kier molecular flexibility index (Phi) is 2.71. The zero-order valence-corrected chi connectivity index (χ0v) is 9.73. The molecule has 0 spiro atoms. The molecule has 17 heavy (non-hydrogen) atoms. The average molecular weight is 231 g/mol. The van der Waals surface area contributed by atoms with Crippen molar-refractivity contribution in [2.45, 2.75) is 20.4 Å². The summed E-state index contributed by atoms with van der Waals surface area (Å²) in [4.78, 5) is 22.6. The number of hydrogen-bond donors (Lipinski definition) is 1. The van der Waals surface area contributed by atoms with Crippen LogP contribution in [0.25, 0.3) is 10.9 Å². The molecule has 1 aromatic heterocycles. The first-order chi connectivity index (χ1) is 7.99. The van der Waals surface area contributed by atoms with E-state index >= 15 is 0 Å².